The van der Waals surface area contributed by atoms with Gasteiger partial charge in [-0.25, -0.2) is 0 Å². The highest BCUT2D eigenvalue weighted by Crippen LogP contribution is 2.50. The normalized spacial score (nSPS) is 45.1. The summed E-state index contributed by atoms with van der Waals surface area (Å²) in [4.78, 5) is 15.1. The summed E-state index contributed by atoms with van der Waals surface area (Å²) in [5.74, 6) is -0.335. The van der Waals surface area contributed by atoms with Crippen LogP contribution in [0.25, 0.3) is 0 Å². The molecule has 0 spiro atoms. The Morgan fingerprint density at radius 1 is 0.912 bits per heavy atom. The molecule has 2 fully saturated rings. The van der Waals surface area contributed by atoms with E-state index in [9.17, 15) is 30.3 Å². The number of carbonyl (C=O) groups is 1. The van der Waals surface area contributed by atoms with Crippen LogP contribution in [-0.4, -0.2) is 78.9 Å². The fourth-order valence-corrected chi connectivity index (χ4v) is 6.16. The molecule has 5 N–H and O–H groups in total. The summed E-state index contributed by atoms with van der Waals surface area (Å²) in [6.07, 6.45) is 12.2. The van der Waals surface area contributed by atoms with E-state index in [1.807, 2.05) is 43.1 Å². The predicted octanol–water partition coefficient (Wildman–Crippen LogP) is 1.24. The third-order valence-corrected chi connectivity index (χ3v) is 7.82. The van der Waals surface area contributed by atoms with Gasteiger partial charge < -0.3 is 30.4 Å². The van der Waals surface area contributed by atoms with Gasteiger partial charge in [0.15, 0.2) is 0 Å². The van der Waals surface area contributed by atoms with Crippen molar-refractivity contribution in [2.24, 2.45) is 23.7 Å². The molecular formula is C27H37NO6. The fourth-order valence-electron chi connectivity index (χ4n) is 6.16. The molecule has 11 unspecified atom stereocenters. The van der Waals surface area contributed by atoms with Crippen LogP contribution in [0.1, 0.15) is 33.1 Å². The molecule has 1 amide bonds. The van der Waals surface area contributed by atoms with Crippen molar-refractivity contribution < 1.29 is 30.3 Å². The second-order valence-corrected chi connectivity index (χ2v) is 10.3. The minimum atomic E-state index is -1.38. The van der Waals surface area contributed by atoms with Crippen LogP contribution in [0.5, 0.6) is 0 Å². The largest absolute Gasteiger partial charge is 0.391 e. The zero-order valence-electron chi connectivity index (χ0n) is 19.8. The van der Waals surface area contributed by atoms with Gasteiger partial charge in [0.05, 0.1) is 36.4 Å². The van der Waals surface area contributed by atoms with E-state index in [0.29, 0.717) is 6.42 Å². The van der Waals surface area contributed by atoms with Crippen molar-refractivity contribution in [1.82, 2.24) is 4.90 Å². The molecule has 7 nitrogen and oxygen atoms in total. The van der Waals surface area contributed by atoms with E-state index < -0.39 is 30.5 Å². The van der Waals surface area contributed by atoms with Crippen molar-refractivity contribution in [3.8, 4) is 0 Å². The van der Waals surface area contributed by atoms with Crippen molar-refractivity contribution in [2.45, 2.75) is 75.7 Å². The zero-order chi connectivity index (χ0) is 24.6. The first-order valence-electron chi connectivity index (χ1n) is 12.3. The summed E-state index contributed by atoms with van der Waals surface area (Å²) in [5, 5.41) is 51.8. The average Bonchev–Trinajstić information content (AvgIpc) is 3.25. The second kappa shape index (κ2) is 10.3. The van der Waals surface area contributed by atoms with E-state index in [-0.39, 0.29) is 54.5 Å². The number of aliphatic hydroxyl groups excluding tert-OH is 5. The summed E-state index contributed by atoms with van der Waals surface area (Å²) >= 11 is 0. The lowest BCUT2D eigenvalue weighted by atomic mass is 9.67. The molecule has 11 atom stereocenters. The average molecular weight is 472 g/mol. The smallest absolute Gasteiger partial charge is 0.230 e. The standard InChI is InChI=1S/C27H37NO6/c1-15-6-3-4-8-18(29)14-23(32)26(33)21(30)9-5-7-17-10-11-19-24(20(17)12-15)25-22(31)13-16(2)28(25)27(19)34/h3-8,10-12,16-26,29-33H,9,13-14H2,1-2H3. The molecule has 34 heavy (non-hydrogen) atoms. The number of carbonyl (C=O) groups excluding carboxylic acids is 1. The van der Waals surface area contributed by atoms with Gasteiger partial charge in [0.2, 0.25) is 5.91 Å². The zero-order valence-corrected chi connectivity index (χ0v) is 19.8. The van der Waals surface area contributed by atoms with E-state index in [0.717, 1.165) is 5.57 Å². The lowest BCUT2D eigenvalue weighted by Crippen LogP contribution is -2.41. The van der Waals surface area contributed by atoms with Gasteiger partial charge in [0.1, 0.15) is 6.10 Å². The third kappa shape index (κ3) is 4.86. The lowest BCUT2D eigenvalue weighted by molar-refractivity contribution is -0.131. The van der Waals surface area contributed by atoms with Crippen molar-refractivity contribution in [1.29, 1.82) is 0 Å². The van der Waals surface area contributed by atoms with Crippen LogP contribution in [0, 0.1) is 23.7 Å². The van der Waals surface area contributed by atoms with Crippen LogP contribution in [0.2, 0.25) is 0 Å². The number of hydrogen-bond donors (Lipinski definition) is 5. The molecular weight excluding hydrogens is 434 g/mol. The van der Waals surface area contributed by atoms with Gasteiger partial charge in [-0.15, -0.1) is 0 Å². The fraction of sp³-hybridized carbons (Fsp3) is 0.593. The Morgan fingerprint density at radius 3 is 2.44 bits per heavy atom. The Labute approximate surface area is 201 Å². The quantitative estimate of drug-likeness (QED) is 0.339. The molecule has 0 saturated carbocycles. The molecule has 0 aromatic rings. The summed E-state index contributed by atoms with van der Waals surface area (Å²) in [6, 6.07) is -0.217. The maximum absolute atomic E-state index is 13.2. The molecule has 0 aromatic heterocycles. The number of nitrogens with zero attached hydrogens (tertiary/aromatic N) is 1. The van der Waals surface area contributed by atoms with E-state index in [1.165, 1.54) is 6.08 Å². The van der Waals surface area contributed by atoms with Crippen LogP contribution >= 0.6 is 0 Å². The monoisotopic (exact) mass is 471 g/mol. The minimum absolute atomic E-state index is 0.0104. The van der Waals surface area contributed by atoms with Crippen molar-refractivity contribution in [3.05, 3.63) is 60.3 Å². The molecule has 2 aliphatic heterocycles. The Bertz CT molecular complexity index is 907. The molecule has 186 valence electrons. The van der Waals surface area contributed by atoms with Gasteiger partial charge in [-0.1, -0.05) is 60.3 Å². The van der Waals surface area contributed by atoms with Crippen molar-refractivity contribution in [3.63, 3.8) is 0 Å². The topological polar surface area (TPSA) is 121 Å². The molecule has 0 aromatic carbocycles. The molecule has 4 aliphatic rings. The maximum atomic E-state index is 13.2. The van der Waals surface area contributed by atoms with Crippen LogP contribution in [-0.2, 0) is 4.79 Å². The Morgan fingerprint density at radius 2 is 1.68 bits per heavy atom. The number of aliphatic hydroxyl groups is 5. The van der Waals surface area contributed by atoms with E-state index >= 15 is 0 Å². The number of hydrogen-bond acceptors (Lipinski definition) is 6. The summed E-state index contributed by atoms with van der Waals surface area (Å²) in [5.41, 5.74) is 1.01. The third-order valence-electron chi connectivity index (χ3n) is 7.82. The minimum Gasteiger partial charge on any atom is -0.391 e. The van der Waals surface area contributed by atoms with Crippen LogP contribution in [0.4, 0.5) is 0 Å². The molecule has 2 saturated heterocycles. The van der Waals surface area contributed by atoms with Crippen LogP contribution in [0.15, 0.2) is 60.3 Å². The highest BCUT2D eigenvalue weighted by atomic mass is 16.4. The first-order chi connectivity index (χ1) is 16.2. The molecule has 2 heterocycles. The molecule has 2 aliphatic carbocycles. The first-order valence-corrected chi connectivity index (χ1v) is 12.3. The van der Waals surface area contributed by atoms with Gasteiger partial charge in [0, 0.05) is 24.3 Å². The second-order valence-electron chi connectivity index (χ2n) is 10.3. The maximum Gasteiger partial charge on any atom is 0.230 e. The van der Waals surface area contributed by atoms with Crippen LogP contribution < -0.4 is 0 Å². The highest BCUT2D eigenvalue weighted by Gasteiger charge is 2.58. The van der Waals surface area contributed by atoms with Gasteiger partial charge >= 0.3 is 0 Å². The van der Waals surface area contributed by atoms with Gasteiger partial charge in [-0.3, -0.25) is 4.79 Å². The molecule has 0 bridgehead atoms. The SMILES string of the molecule is CC1=CC2C(C=CCC(O)C(O)C(O)CC(O)C=CC=C1)C=CC1C(=O)N3C(C)CC(O)C3C12. The van der Waals surface area contributed by atoms with E-state index in [4.69, 9.17) is 0 Å². The van der Waals surface area contributed by atoms with Gasteiger partial charge in [-0.2, -0.15) is 0 Å². The summed E-state index contributed by atoms with van der Waals surface area (Å²) < 4.78 is 0. The Hall–Kier alpha value is -2.03. The van der Waals surface area contributed by atoms with Crippen LogP contribution in [0.3, 0.4) is 0 Å². The number of fused-ring (bicyclic) bond motifs is 5. The number of amides is 1. The van der Waals surface area contributed by atoms with Gasteiger partial charge in [0.25, 0.3) is 0 Å². The van der Waals surface area contributed by atoms with Gasteiger partial charge in [-0.05, 0) is 32.6 Å². The lowest BCUT2D eigenvalue weighted by Gasteiger charge is -2.36. The summed E-state index contributed by atoms with van der Waals surface area (Å²) in [7, 11) is 0. The number of allylic oxidation sites excluding steroid dienone is 7. The van der Waals surface area contributed by atoms with Crippen molar-refractivity contribution >= 4 is 5.91 Å². The Balaban J connectivity index is 1.69. The summed E-state index contributed by atoms with van der Waals surface area (Å²) in [6.45, 7) is 3.98. The van der Waals surface area contributed by atoms with E-state index in [1.54, 1.807) is 18.2 Å². The first kappa shape index (κ1) is 25.1. The molecule has 7 heteroatoms. The highest BCUT2D eigenvalue weighted by molar-refractivity contribution is 5.85. The predicted molar refractivity (Wildman–Crippen MR) is 128 cm³/mol. The Kier molecular flexibility index (Phi) is 7.60. The van der Waals surface area contributed by atoms with E-state index in [2.05, 4.69) is 6.08 Å². The molecule has 0 radical (unpaired) electrons. The molecule has 4 rings (SSSR count). The number of rotatable bonds is 0. The van der Waals surface area contributed by atoms with Crippen molar-refractivity contribution in [2.75, 3.05) is 0 Å².